The van der Waals surface area contributed by atoms with E-state index in [1.165, 1.54) is 33.7 Å². The molecule has 10 nitrogen and oxygen atoms in total. The number of rotatable bonds is 7. The number of esters is 1. The average molecular weight is 476 g/mol. The van der Waals surface area contributed by atoms with Gasteiger partial charge in [0.2, 0.25) is 0 Å². The highest BCUT2D eigenvalue weighted by molar-refractivity contribution is 6.40. The maximum atomic E-state index is 12.8. The Labute approximate surface area is 200 Å². The molecule has 35 heavy (non-hydrogen) atoms. The van der Waals surface area contributed by atoms with Gasteiger partial charge in [0.05, 0.1) is 26.0 Å². The summed E-state index contributed by atoms with van der Waals surface area (Å²) in [5.74, 6) is -1.71. The molecule has 4 aromatic rings. The largest absolute Gasteiger partial charge is 0.496 e. The number of carbonyl (C=O) groups is 3. The maximum absolute atomic E-state index is 12.8. The van der Waals surface area contributed by atoms with E-state index in [0.717, 1.165) is 16.5 Å². The van der Waals surface area contributed by atoms with Crippen LogP contribution < -0.4 is 15.4 Å². The molecule has 0 aliphatic carbocycles. The van der Waals surface area contributed by atoms with Crippen LogP contribution >= 0.6 is 0 Å². The van der Waals surface area contributed by atoms with Crippen LogP contribution in [-0.4, -0.2) is 47.5 Å². The van der Waals surface area contributed by atoms with Crippen LogP contribution in [0.1, 0.15) is 12.5 Å². The van der Waals surface area contributed by atoms with Gasteiger partial charge in [0.15, 0.2) is 12.2 Å². The zero-order valence-corrected chi connectivity index (χ0v) is 19.4. The summed E-state index contributed by atoms with van der Waals surface area (Å²) in [7, 11) is 2.70. The quantitative estimate of drug-likeness (QED) is 0.276. The van der Waals surface area contributed by atoms with Crippen molar-refractivity contribution in [3.05, 3.63) is 66.8 Å². The number of oxazole rings is 1. The molecule has 0 saturated heterocycles. The van der Waals surface area contributed by atoms with Crippen LogP contribution in [0.4, 0.5) is 5.69 Å². The van der Waals surface area contributed by atoms with Crippen molar-refractivity contribution < 1.29 is 28.3 Å². The first-order chi connectivity index (χ1) is 16.8. The van der Waals surface area contributed by atoms with Crippen LogP contribution in [0.2, 0.25) is 0 Å². The van der Waals surface area contributed by atoms with Crippen molar-refractivity contribution in [3.63, 3.8) is 0 Å². The number of nitrogens with one attached hydrogen (secondary N) is 3. The molecule has 1 atom stereocenters. The van der Waals surface area contributed by atoms with E-state index < -0.39 is 23.3 Å². The topological polar surface area (TPSA) is 136 Å². The number of hydrogen-bond acceptors (Lipinski definition) is 7. The lowest BCUT2D eigenvalue weighted by atomic mass is 9.92. The molecular weight excluding hydrogens is 452 g/mol. The number of hydrogen-bond donors (Lipinski definition) is 3. The predicted molar refractivity (Wildman–Crippen MR) is 128 cm³/mol. The Morgan fingerprint density at radius 3 is 2.63 bits per heavy atom. The normalized spacial score (nSPS) is 12.5. The number of methoxy groups -OCH3 is 2. The molecule has 2 aromatic heterocycles. The number of anilines is 1. The van der Waals surface area contributed by atoms with Gasteiger partial charge in [0.1, 0.15) is 11.3 Å². The number of nitrogens with zero attached hydrogens (tertiary/aromatic N) is 1. The molecule has 0 bridgehead atoms. The second-order valence-electron chi connectivity index (χ2n) is 8.05. The Kier molecular flexibility index (Phi) is 6.54. The highest BCUT2D eigenvalue weighted by Crippen LogP contribution is 2.32. The second-order valence-corrected chi connectivity index (χ2v) is 8.05. The molecule has 3 N–H and O–H groups in total. The van der Waals surface area contributed by atoms with E-state index in [1.54, 1.807) is 24.4 Å². The van der Waals surface area contributed by atoms with Gasteiger partial charge in [-0.1, -0.05) is 18.2 Å². The van der Waals surface area contributed by atoms with Crippen LogP contribution in [0.25, 0.3) is 22.2 Å². The van der Waals surface area contributed by atoms with Crippen LogP contribution in [0, 0.1) is 0 Å². The number of aromatic amines is 1. The number of fused-ring (bicyclic) bond motifs is 1. The number of H-pyrrole nitrogens is 1. The van der Waals surface area contributed by atoms with Crippen molar-refractivity contribution in [1.29, 1.82) is 0 Å². The highest BCUT2D eigenvalue weighted by atomic mass is 16.5. The van der Waals surface area contributed by atoms with Crippen LogP contribution in [-0.2, 0) is 25.5 Å². The molecule has 2 amide bonds. The molecule has 0 radical (unpaired) electrons. The minimum absolute atomic E-state index is 0.114. The van der Waals surface area contributed by atoms with Crippen LogP contribution in [0.5, 0.6) is 5.75 Å². The third-order valence-corrected chi connectivity index (χ3v) is 5.61. The van der Waals surface area contributed by atoms with Crippen LogP contribution in [0.15, 0.2) is 65.7 Å². The van der Waals surface area contributed by atoms with Gasteiger partial charge in [-0.3, -0.25) is 9.59 Å². The first kappa shape index (κ1) is 23.6. The monoisotopic (exact) mass is 476 g/mol. The highest BCUT2D eigenvalue weighted by Gasteiger charge is 2.38. The van der Waals surface area contributed by atoms with Crippen LogP contribution in [0.3, 0.4) is 0 Å². The van der Waals surface area contributed by atoms with E-state index in [-0.39, 0.29) is 6.42 Å². The molecule has 180 valence electrons. The van der Waals surface area contributed by atoms with E-state index in [9.17, 15) is 14.4 Å². The van der Waals surface area contributed by atoms with Gasteiger partial charge in [-0.25, -0.2) is 9.78 Å². The van der Waals surface area contributed by atoms with Gasteiger partial charge in [0, 0.05) is 35.3 Å². The summed E-state index contributed by atoms with van der Waals surface area (Å²) < 4.78 is 15.6. The maximum Gasteiger partial charge on any atom is 0.331 e. The zero-order valence-electron chi connectivity index (χ0n) is 19.4. The fourth-order valence-corrected chi connectivity index (χ4v) is 3.87. The zero-order chi connectivity index (χ0) is 25.0. The third kappa shape index (κ3) is 4.86. The molecule has 0 aliphatic heterocycles. The minimum atomic E-state index is -1.48. The Hall–Kier alpha value is -4.60. The van der Waals surface area contributed by atoms with Crippen molar-refractivity contribution >= 4 is 34.4 Å². The van der Waals surface area contributed by atoms with E-state index in [1.807, 2.05) is 24.3 Å². The van der Waals surface area contributed by atoms with Gasteiger partial charge < -0.3 is 29.5 Å². The smallest absolute Gasteiger partial charge is 0.331 e. The number of aromatic nitrogens is 2. The summed E-state index contributed by atoms with van der Waals surface area (Å²) in [6, 6.07) is 12.4. The molecule has 2 aromatic carbocycles. The summed E-state index contributed by atoms with van der Waals surface area (Å²) in [6.45, 7) is 1.51. The van der Waals surface area contributed by atoms with Gasteiger partial charge in [-0.2, -0.15) is 0 Å². The predicted octanol–water partition coefficient (Wildman–Crippen LogP) is 3.06. The van der Waals surface area contributed by atoms with Gasteiger partial charge in [-0.15, -0.1) is 0 Å². The molecule has 0 unspecified atom stereocenters. The number of ether oxygens (including phenoxy) is 2. The molecular formula is C25H24N4O6. The number of amides is 2. The number of para-hydroxylation sites is 1. The van der Waals surface area contributed by atoms with Gasteiger partial charge >= 0.3 is 17.8 Å². The Bertz CT molecular complexity index is 1380. The summed E-state index contributed by atoms with van der Waals surface area (Å²) in [5.41, 5.74) is 1.15. The molecule has 0 spiro atoms. The lowest BCUT2D eigenvalue weighted by Gasteiger charge is -2.27. The lowest BCUT2D eigenvalue weighted by molar-refractivity contribution is -0.151. The molecule has 0 fully saturated rings. The van der Waals surface area contributed by atoms with Gasteiger partial charge in [-0.05, 0) is 30.7 Å². The molecule has 10 heteroatoms. The van der Waals surface area contributed by atoms with Crippen molar-refractivity contribution in [1.82, 2.24) is 15.3 Å². The molecule has 2 heterocycles. The second kappa shape index (κ2) is 9.72. The first-order valence-electron chi connectivity index (χ1n) is 10.7. The fraction of sp³-hybridized carbons (Fsp3) is 0.200. The average Bonchev–Trinajstić information content (AvgIpc) is 3.54. The molecule has 4 rings (SSSR count). The standard InChI is InChI=1S/C25H24N4O6/c1-25(24(32)34-3,11-15-12-27-19-7-5-4-6-17(15)19)29-23(31)22(30)28-16-8-9-18(20(10-16)33-2)21-13-26-14-35-21/h4-10,12-14,27H,11H2,1-3H3,(H,28,30)(H,29,31)/t25-/m0/s1. The third-order valence-electron chi connectivity index (χ3n) is 5.61. The summed E-state index contributed by atoms with van der Waals surface area (Å²) >= 11 is 0. The summed E-state index contributed by atoms with van der Waals surface area (Å²) in [5, 5.41) is 5.96. The van der Waals surface area contributed by atoms with E-state index in [2.05, 4.69) is 20.6 Å². The minimum Gasteiger partial charge on any atom is -0.496 e. The van der Waals surface area contributed by atoms with Crippen molar-refractivity contribution in [2.24, 2.45) is 0 Å². The fourth-order valence-electron chi connectivity index (χ4n) is 3.87. The van der Waals surface area contributed by atoms with Crippen molar-refractivity contribution in [2.45, 2.75) is 18.9 Å². The Morgan fingerprint density at radius 2 is 1.91 bits per heavy atom. The first-order valence-corrected chi connectivity index (χ1v) is 10.7. The summed E-state index contributed by atoms with van der Waals surface area (Å²) in [6.07, 6.45) is 4.71. The van der Waals surface area contributed by atoms with E-state index >= 15 is 0 Å². The lowest BCUT2D eigenvalue weighted by Crippen LogP contribution is -2.56. The van der Waals surface area contributed by atoms with Crippen molar-refractivity contribution in [2.75, 3.05) is 19.5 Å². The van der Waals surface area contributed by atoms with E-state index in [0.29, 0.717) is 22.8 Å². The Morgan fingerprint density at radius 1 is 1.11 bits per heavy atom. The SMILES string of the molecule is COC(=O)[C@](C)(Cc1c[nH]c2ccccc12)NC(=O)C(=O)Nc1ccc(-c2cnco2)c(OC)c1. The van der Waals surface area contributed by atoms with E-state index in [4.69, 9.17) is 13.9 Å². The Balaban J connectivity index is 1.51. The van der Waals surface area contributed by atoms with Crippen molar-refractivity contribution in [3.8, 4) is 17.1 Å². The van der Waals surface area contributed by atoms with Gasteiger partial charge in [0.25, 0.3) is 0 Å². The number of carbonyl (C=O) groups excluding carboxylic acids is 3. The molecule has 0 aliphatic rings. The summed E-state index contributed by atoms with van der Waals surface area (Å²) in [4.78, 5) is 45.1. The molecule has 0 saturated carbocycles. The number of benzene rings is 2.